The van der Waals surface area contributed by atoms with Gasteiger partial charge < -0.3 is 5.73 Å². The molecule has 0 aromatic carbocycles. The van der Waals surface area contributed by atoms with E-state index in [0.717, 1.165) is 17.0 Å². The summed E-state index contributed by atoms with van der Waals surface area (Å²) in [5.74, 6) is -0.360. The van der Waals surface area contributed by atoms with Gasteiger partial charge in [-0.3, -0.25) is 10.1 Å². The number of nitrogens with one attached hydrogen (secondary N) is 1. The highest BCUT2D eigenvalue weighted by molar-refractivity contribution is 7.15. The fourth-order valence-electron chi connectivity index (χ4n) is 1.60. The van der Waals surface area contributed by atoms with Crippen molar-refractivity contribution in [3.63, 3.8) is 0 Å². The van der Waals surface area contributed by atoms with Gasteiger partial charge in [-0.2, -0.15) is 0 Å². The summed E-state index contributed by atoms with van der Waals surface area (Å²) >= 11 is 7.31. The molecule has 100 valence electrons. The van der Waals surface area contributed by atoms with Crippen molar-refractivity contribution in [3.8, 4) is 0 Å². The summed E-state index contributed by atoms with van der Waals surface area (Å²) < 4.78 is 0. The van der Waals surface area contributed by atoms with Crippen molar-refractivity contribution in [1.29, 1.82) is 0 Å². The maximum atomic E-state index is 12.1. The zero-order valence-corrected chi connectivity index (χ0v) is 12.1. The summed E-state index contributed by atoms with van der Waals surface area (Å²) in [6.45, 7) is 3.99. The summed E-state index contributed by atoms with van der Waals surface area (Å²) in [7, 11) is 0. The predicted octanol–water partition coefficient (Wildman–Crippen LogP) is 2.90. The highest BCUT2D eigenvalue weighted by Gasteiger charge is 2.15. The zero-order valence-electron chi connectivity index (χ0n) is 10.5. The van der Waals surface area contributed by atoms with Crippen molar-refractivity contribution in [3.05, 3.63) is 33.6 Å². The second-order valence-corrected chi connectivity index (χ2v) is 5.50. The molecule has 2 aromatic rings. The van der Waals surface area contributed by atoms with Gasteiger partial charge in [0.1, 0.15) is 5.15 Å². The molecule has 0 bridgehead atoms. The number of hydrogen-bond donors (Lipinski definition) is 2. The van der Waals surface area contributed by atoms with Gasteiger partial charge in [-0.1, -0.05) is 18.5 Å². The number of carbonyl (C=O) groups is 1. The molecule has 0 atom stereocenters. The van der Waals surface area contributed by atoms with Crippen molar-refractivity contribution in [1.82, 2.24) is 9.97 Å². The molecular weight excluding hydrogens is 284 g/mol. The maximum absolute atomic E-state index is 12.1. The quantitative estimate of drug-likeness (QED) is 0.853. The minimum atomic E-state index is -0.360. The Hall–Kier alpha value is -1.66. The number of aromatic nitrogens is 2. The van der Waals surface area contributed by atoms with Crippen LogP contribution < -0.4 is 11.1 Å². The average Bonchev–Trinajstić information content (AvgIpc) is 2.72. The Labute approximate surface area is 119 Å². The Morgan fingerprint density at radius 3 is 2.95 bits per heavy atom. The molecule has 0 saturated heterocycles. The molecule has 7 heteroatoms. The van der Waals surface area contributed by atoms with Gasteiger partial charge in [0.05, 0.1) is 23.1 Å². The van der Waals surface area contributed by atoms with Crippen LogP contribution in [0.1, 0.15) is 27.9 Å². The molecule has 0 aliphatic rings. The first-order valence-corrected chi connectivity index (χ1v) is 6.89. The number of aryl methyl sites for hydroxylation is 2. The van der Waals surface area contributed by atoms with E-state index in [0.29, 0.717) is 10.8 Å². The van der Waals surface area contributed by atoms with E-state index in [9.17, 15) is 4.79 Å². The number of carbonyl (C=O) groups excluding carboxylic acids is 1. The number of thiazole rings is 1. The molecule has 0 spiro atoms. The monoisotopic (exact) mass is 296 g/mol. The lowest BCUT2D eigenvalue weighted by Crippen LogP contribution is -2.13. The molecule has 19 heavy (non-hydrogen) atoms. The van der Waals surface area contributed by atoms with Gasteiger partial charge in [0.2, 0.25) is 0 Å². The standard InChI is InChI=1S/C12H13ClN4OS/c1-3-9-6(2)19-12(16-9)17-11(18)8-4-7(14)5-15-10(8)13/h4-5H,3,14H2,1-2H3,(H,16,17,18). The van der Waals surface area contributed by atoms with E-state index in [1.165, 1.54) is 23.6 Å². The highest BCUT2D eigenvalue weighted by Crippen LogP contribution is 2.24. The van der Waals surface area contributed by atoms with Crippen molar-refractivity contribution >= 4 is 39.7 Å². The van der Waals surface area contributed by atoms with E-state index in [1.54, 1.807) is 0 Å². The smallest absolute Gasteiger partial charge is 0.260 e. The van der Waals surface area contributed by atoms with Crippen LogP contribution in [0.2, 0.25) is 5.15 Å². The van der Waals surface area contributed by atoms with Crippen LogP contribution in [0.25, 0.3) is 0 Å². The number of nitrogen functional groups attached to an aromatic ring is 1. The molecule has 0 unspecified atom stereocenters. The van der Waals surface area contributed by atoms with Gasteiger partial charge in [-0.05, 0) is 19.4 Å². The lowest BCUT2D eigenvalue weighted by Gasteiger charge is -2.04. The van der Waals surface area contributed by atoms with E-state index >= 15 is 0 Å². The summed E-state index contributed by atoms with van der Waals surface area (Å²) in [6.07, 6.45) is 2.24. The first-order chi connectivity index (χ1) is 9.01. The number of rotatable bonds is 3. The molecular formula is C12H13ClN4OS. The van der Waals surface area contributed by atoms with Gasteiger partial charge in [-0.25, -0.2) is 9.97 Å². The molecule has 0 aliphatic carbocycles. The number of pyridine rings is 1. The number of amides is 1. The maximum Gasteiger partial charge on any atom is 0.260 e. The summed E-state index contributed by atoms with van der Waals surface area (Å²) in [6, 6.07) is 1.49. The number of hydrogen-bond acceptors (Lipinski definition) is 5. The highest BCUT2D eigenvalue weighted by atomic mass is 35.5. The summed E-state index contributed by atoms with van der Waals surface area (Å²) in [4.78, 5) is 21.3. The van der Waals surface area contributed by atoms with Gasteiger partial charge in [0.25, 0.3) is 5.91 Å². The fraction of sp³-hybridized carbons (Fsp3) is 0.250. The normalized spacial score (nSPS) is 10.5. The van der Waals surface area contributed by atoms with E-state index in [-0.39, 0.29) is 16.6 Å². The molecule has 2 rings (SSSR count). The summed E-state index contributed by atoms with van der Waals surface area (Å²) in [5.41, 5.74) is 7.21. The SMILES string of the molecule is CCc1nc(NC(=O)c2cc(N)cnc2Cl)sc1C. The molecule has 0 fully saturated rings. The predicted molar refractivity (Wildman–Crippen MR) is 77.8 cm³/mol. The van der Waals surface area contributed by atoms with Crippen LogP contribution in [0.5, 0.6) is 0 Å². The topological polar surface area (TPSA) is 80.9 Å². The van der Waals surface area contributed by atoms with Crippen LogP contribution in [0.15, 0.2) is 12.3 Å². The molecule has 0 saturated carbocycles. The lowest BCUT2D eigenvalue weighted by atomic mass is 10.2. The van der Waals surface area contributed by atoms with Crippen LogP contribution in [0.4, 0.5) is 10.8 Å². The average molecular weight is 297 g/mol. The molecule has 2 heterocycles. The van der Waals surface area contributed by atoms with Crippen LogP contribution in [-0.4, -0.2) is 15.9 Å². The second-order valence-electron chi connectivity index (χ2n) is 3.94. The van der Waals surface area contributed by atoms with Crippen molar-refractivity contribution in [2.75, 3.05) is 11.1 Å². The van der Waals surface area contributed by atoms with Crippen molar-refractivity contribution < 1.29 is 4.79 Å². The third-order valence-corrected chi connectivity index (χ3v) is 3.78. The molecule has 1 amide bonds. The minimum absolute atomic E-state index is 0.121. The van der Waals surface area contributed by atoms with Gasteiger partial charge in [0.15, 0.2) is 5.13 Å². The van der Waals surface area contributed by atoms with Crippen molar-refractivity contribution in [2.45, 2.75) is 20.3 Å². The Balaban J connectivity index is 2.22. The van der Waals surface area contributed by atoms with Crippen LogP contribution in [-0.2, 0) is 6.42 Å². The molecule has 0 aliphatic heterocycles. The van der Waals surface area contributed by atoms with E-state index in [1.807, 2.05) is 13.8 Å². The number of nitrogens with zero attached hydrogens (tertiary/aromatic N) is 2. The largest absolute Gasteiger partial charge is 0.397 e. The first-order valence-electron chi connectivity index (χ1n) is 5.70. The Bertz CT molecular complexity index is 626. The molecule has 2 aromatic heterocycles. The van der Waals surface area contributed by atoms with Crippen LogP contribution >= 0.6 is 22.9 Å². The Morgan fingerprint density at radius 2 is 2.32 bits per heavy atom. The van der Waals surface area contributed by atoms with Crippen LogP contribution in [0, 0.1) is 6.92 Å². The van der Waals surface area contributed by atoms with E-state index in [4.69, 9.17) is 17.3 Å². The Kier molecular flexibility index (Phi) is 4.01. The second kappa shape index (κ2) is 5.54. The molecule has 3 N–H and O–H groups in total. The van der Waals surface area contributed by atoms with E-state index < -0.39 is 0 Å². The van der Waals surface area contributed by atoms with Crippen molar-refractivity contribution in [2.24, 2.45) is 0 Å². The molecule has 5 nitrogen and oxygen atoms in total. The number of anilines is 2. The number of halogens is 1. The van der Waals surface area contributed by atoms with Crippen LogP contribution in [0.3, 0.4) is 0 Å². The van der Waals surface area contributed by atoms with Gasteiger partial charge >= 0.3 is 0 Å². The minimum Gasteiger partial charge on any atom is -0.397 e. The lowest BCUT2D eigenvalue weighted by molar-refractivity contribution is 0.102. The fourth-order valence-corrected chi connectivity index (χ4v) is 2.68. The first kappa shape index (κ1) is 13.8. The Morgan fingerprint density at radius 1 is 1.58 bits per heavy atom. The third-order valence-electron chi connectivity index (χ3n) is 2.55. The van der Waals surface area contributed by atoms with Gasteiger partial charge in [0, 0.05) is 4.88 Å². The zero-order chi connectivity index (χ0) is 14.0. The number of nitrogens with two attached hydrogens (primary N) is 1. The van der Waals surface area contributed by atoms with E-state index in [2.05, 4.69) is 15.3 Å². The third kappa shape index (κ3) is 3.02. The van der Waals surface area contributed by atoms with Gasteiger partial charge in [-0.15, -0.1) is 11.3 Å². The summed E-state index contributed by atoms with van der Waals surface area (Å²) in [5, 5.41) is 3.38. The molecule has 0 radical (unpaired) electrons.